The lowest BCUT2D eigenvalue weighted by molar-refractivity contribution is 0.0240. The summed E-state index contributed by atoms with van der Waals surface area (Å²) in [5, 5.41) is 22.9. The minimum Gasteiger partial charge on any atom is -0.384 e. The van der Waals surface area contributed by atoms with E-state index in [2.05, 4.69) is 25.3 Å². The average molecular weight is 562 g/mol. The van der Waals surface area contributed by atoms with Gasteiger partial charge in [-0.1, -0.05) is 33.8 Å². The first-order valence-corrected chi connectivity index (χ1v) is 14.2. The van der Waals surface area contributed by atoms with Crippen LogP contribution >= 0.6 is 0 Å². The first-order valence-electron chi connectivity index (χ1n) is 14.2. The number of aryl methyl sites for hydroxylation is 1. The van der Waals surface area contributed by atoms with E-state index in [1.807, 2.05) is 39.8 Å². The summed E-state index contributed by atoms with van der Waals surface area (Å²) in [7, 11) is 0. The van der Waals surface area contributed by atoms with Crippen LogP contribution in [0.25, 0.3) is 16.8 Å². The van der Waals surface area contributed by atoms with Crippen LogP contribution in [-0.4, -0.2) is 69.0 Å². The van der Waals surface area contributed by atoms with E-state index in [0.29, 0.717) is 66.8 Å². The summed E-state index contributed by atoms with van der Waals surface area (Å²) in [6.07, 6.45) is 8.36. The smallest absolute Gasteiger partial charge is 0.291 e. The molecule has 0 fully saturated rings. The number of aromatic amines is 1. The zero-order valence-corrected chi connectivity index (χ0v) is 24.4. The molecular weight excluding hydrogens is 522 g/mol. The largest absolute Gasteiger partial charge is 0.384 e. The molecule has 218 valence electrons. The van der Waals surface area contributed by atoms with E-state index >= 15 is 0 Å². The highest BCUT2D eigenvalue weighted by atomic mass is 16.3. The monoisotopic (exact) mass is 561 g/mol. The third kappa shape index (κ3) is 5.83. The molecule has 0 spiro atoms. The van der Waals surface area contributed by atoms with Gasteiger partial charge in [0.25, 0.3) is 5.91 Å². The van der Waals surface area contributed by atoms with Gasteiger partial charge in [-0.2, -0.15) is 9.61 Å². The van der Waals surface area contributed by atoms with Gasteiger partial charge in [0.2, 0.25) is 5.82 Å². The molecule has 41 heavy (non-hydrogen) atoms. The Morgan fingerprint density at radius 1 is 1.17 bits per heavy atom. The molecule has 12 nitrogen and oxygen atoms in total. The number of nitrogens with two attached hydrogens (primary N) is 1. The van der Waals surface area contributed by atoms with E-state index in [9.17, 15) is 14.7 Å². The van der Waals surface area contributed by atoms with Crippen LogP contribution in [0.1, 0.15) is 99.1 Å². The molecule has 4 rings (SSSR count). The maximum Gasteiger partial charge on any atom is 0.291 e. The number of rotatable bonds is 13. The number of H-pyrrole nitrogens is 1. The number of aromatic nitrogens is 7. The lowest BCUT2D eigenvalue weighted by Gasteiger charge is -2.30. The van der Waals surface area contributed by atoms with Crippen molar-refractivity contribution in [1.29, 1.82) is 0 Å². The van der Waals surface area contributed by atoms with Crippen molar-refractivity contribution >= 4 is 23.2 Å². The Morgan fingerprint density at radius 2 is 1.93 bits per heavy atom. The normalized spacial score (nSPS) is 12.5. The van der Waals surface area contributed by atoms with Gasteiger partial charge in [0, 0.05) is 29.9 Å². The van der Waals surface area contributed by atoms with Gasteiger partial charge in [0.1, 0.15) is 17.7 Å². The predicted octanol–water partition coefficient (Wildman–Crippen LogP) is 3.97. The summed E-state index contributed by atoms with van der Waals surface area (Å²) in [6, 6.07) is 3.60. The molecule has 4 heterocycles. The number of ketones is 1. The highest BCUT2D eigenvalue weighted by Gasteiger charge is 2.28. The molecule has 0 unspecified atom stereocenters. The molecule has 4 N–H and O–H groups in total. The Bertz CT molecular complexity index is 1490. The second-order valence-electron chi connectivity index (χ2n) is 10.3. The Hall–Kier alpha value is -4.19. The van der Waals surface area contributed by atoms with Crippen LogP contribution in [-0.2, 0) is 12.0 Å². The lowest BCUT2D eigenvalue weighted by Crippen LogP contribution is -2.41. The van der Waals surface area contributed by atoms with Crippen LogP contribution in [0.3, 0.4) is 0 Å². The molecule has 0 radical (unpaired) electrons. The number of nitrogen functional groups attached to an aromatic ring is 1. The molecule has 12 heteroatoms. The Balaban J connectivity index is 1.69. The molecule has 0 aliphatic heterocycles. The summed E-state index contributed by atoms with van der Waals surface area (Å²) in [4.78, 5) is 39.9. The van der Waals surface area contributed by atoms with Crippen molar-refractivity contribution in [3.05, 3.63) is 53.6 Å². The SMILES string of the molecule is CCCN(C(=O)c1nnc[nH]1)[C@H](CC)CCc1nc2c(-c3ccc(C(O)(CC)CC)nc3)cnn2c(N)c1C(C)=O. The predicted molar refractivity (Wildman–Crippen MR) is 155 cm³/mol. The fourth-order valence-electron chi connectivity index (χ4n) is 5.29. The summed E-state index contributed by atoms with van der Waals surface area (Å²) < 4.78 is 1.48. The Morgan fingerprint density at radius 3 is 2.49 bits per heavy atom. The van der Waals surface area contributed by atoms with Crippen molar-refractivity contribution in [3.63, 3.8) is 0 Å². The van der Waals surface area contributed by atoms with Crippen molar-refractivity contribution < 1.29 is 14.7 Å². The average Bonchev–Trinajstić information content (AvgIpc) is 3.67. The van der Waals surface area contributed by atoms with Gasteiger partial charge < -0.3 is 20.7 Å². The summed E-state index contributed by atoms with van der Waals surface area (Å²) >= 11 is 0. The minimum absolute atomic E-state index is 0.108. The molecule has 0 bridgehead atoms. The molecule has 4 aromatic rings. The molecule has 1 atom stereocenters. The summed E-state index contributed by atoms with van der Waals surface area (Å²) in [6.45, 7) is 9.94. The van der Waals surface area contributed by atoms with Crippen molar-refractivity contribution in [2.45, 2.75) is 84.8 Å². The Labute approximate surface area is 239 Å². The van der Waals surface area contributed by atoms with Crippen LogP contribution in [0.15, 0.2) is 30.9 Å². The number of carbonyl (C=O) groups is 2. The zero-order valence-electron chi connectivity index (χ0n) is 24.4. The molecule has 0 aliphatic carbocycles. The Kier molecular flexibility index (Phi) is 9.11. The molecule has 0 aliphatic rings. The van der Waals surface area contributed by atoms with Crippen molar-refractivity contribution in [3.8, 4) is 11.1 Å². The maximum atomic E-state index is 13.2. The maximum absolute atomic E-state index is 13.2. The molecule has 4 aromatic heterocycles. The van der Waals surface area contributed by atoms with Gasteiger partial charge in [-0.05, 0) is 51.5 Å². The van der Waals surface area contributed by atoms with Crippen molar-refractivity contribution in [1.82, 2.24) is 39.7 Å². The number of anilines is 1. The van der Waals surface area contributed by atoms with Crippen LogP contribution in [0.2, 0.25) is 0 Å². The second-order valence-corrected chi connectivity index (χ2v) is 10.3. The lowest BCUT2D eigenvalue weighted by atomic mass is 9.92. The van der Waals surface area contributed by atoms with E-state index in [0.717, 1.165) is 12.0 Å². The third-order valence-electron chi connectivity index (χ3n) is 7.80. The summed E-state index contributed by atoms with van der Waals surface area (Å²) in [5.74, 6) is 0.00314. The number of hydrogen-bond donors (Lipinski definition) is 3. The number of carbonyl (C=O) groups excluding carboxylic acids is 2. The number of aliphatic hydroxyl groups is 1. The van der Waals surface area contributed by atoms with Gasteiger partial charge in [-0.3, -0.25) is 14.6 Å². The second kappa shape index (κ2) is 12.5. The molecule has 0 saturated heterocycles. The van der Waals surface area contributed by atoms with Gasteiger partial charge >= 0.3 is 0 Å². The first-order chi connectivity index (χ1) is 19.7. The van der Waals surface area contributed by atoms with Crippen molar-refractivity contribution in [2.75, 3.05) is 12.3 Å². The van der Waals surface area contributed by atoms with Gasteiger partial charge in [0.15, 0.2) is 11.4 Å². The molecular formula is C29H39N9O3. The van der Waals surface area contributed by atoms with E-state index in [4.69, 9.17) is 10.7 Å². The molecule has 0 aromatic carbocycles. The number of amides is 1. The number of nitrogens with zero attached hydrogens (tertiary/aromatic N) is 7. The highest BCUT2D eigenvalue weighted by Crippen LogP contribution is 2.31. The molecule has 0 saturated carbocycles. The van der Waals surface area contributed by atoms with Gasteiger partial charge in [-0.15, -0.1) is 10.2 Å². The highest BCUT2D eigenvalue weighted by molar-refractivity contribution is 6.00. The van der Waals surface area contributed by atoms with Crippen LogP contribution in [0.5, 0.6) is 0 Å². The van der Waals surface area contributed by atoms with Gasteiger partial charge in [-0.25, -0.2) is 4.98 Å². The first kappa shape index (κ1) is 29.8. The standard InChI is InChI=1S/C29H39N9O3/c1-6-14-37(28(40)26-32-17-33-36-26)20(7-2)11-12-22-24(18(5)39)25(30)38-27(35-22)21(16-34-38)19-10-13-23(31-15-19)29(41,8-3)9-4/h10,13,15-17,20,41H,6-9,11-12,14,30H2,1-5H3,(H,32,33,36)/t20-/m1/s1. The van der Waals surface area contributed by atoms with E-state index < -0.39 is 5.60 Å². The fraction of sp³-hybridized carbons (Fsp3) is 0.483. The van der Waals surface area contributed by atoms with E-state index in [-0.39, 0.29) is 29.4 Å². The van der Waals surface area contributed by atoms with E-state index in [1.54, 1.807) is 17.3 Å². The minimum atomic E-state index is -0.984. The number of hydrogen-bond acceptors (Lipinski definition) is 9. The number of fused-ring (bicyclic) bond motifs is 1. The van der Waals surface area contributed by atoms with Crippen LogP contribution in [0, 0.1) is 0 Å². The zero-order chi connectivity index (χ0) is 29.7. The summed E-state index contributed by atoms with van der Waals surface area (Å²) in [5.41, 5.74) is 8.99. The topological polar surface area (TPSA) is 168 Å². The number of pyridine rings is 1. The van der Waals surface area contributed by atoms with Gasteiger partial charge in [0.05, 0.1) is 23.1 Å². The third-order valence-corrected chi connectivity index (χ3v) is 7.80. The van der Waals surface area contributed by atoms with Crippen LogP contribution in [0.4, 0.5) is 5.82 Å². The quantitative estimate of drug-likeness (QED) is 0.205. The van der Waals surface area contributed by atoms with Crippen LogP contribution < -0.4 is 5.73 Å². The fourth-order valence-corrected chi connectivity index (χ4v) is 5.29. The van der Waals surface area contributed by atoms with Crippen molar-refractivity contribution in [2.24, 2.45) is 0 Å². The number of Topliss-reactive ketones (excluding diaryl/α,β-unsaturated/α-hetero) is 1. The molecule has 1 amide bonds. The number of nitrogens with one attached hydrogen (secondary N) is 1. The van der Waals surface area contributed by atoms with E-state index in [1.165, 1.54) is 17.8 Å².